The van der Waals surface area contributed by atoms with Crippen molar-refractivity contribution in [3.05, 3.63) is 33.9 Å². The molecule has 23 heavy (non-hydrogen) atoms. The van der Waals surface area contributed by atoms with Gasteiger partial charge in [-0.1, -0.05) is 6.92 Å². The first-order chi connectivity index (χ1) is 10.9. The Balaban J connectivity index is 2.29. The van der Waals surface area contributed by atoms with Crippen LogP contribution in [0.2, 0.25) is 0 Å². The van der Waals surface area contributed by atoms with Gasteiger partial charge < -0.3 is 10.2 Å². The van der Waals surface area contributed by atoms with Crippen LogP contribution < -0.4 is 10.2 Å². The lowest BCUT2D eigenvalue weighted by Gasteiger charge is -2.22. The van der Waals surface area contributed by atoms with Crippen LogP contribution in [0.3, 0.4) is 0 Å². The van der Waals surface area contributed by atoms with Gasteiger partial charge in [0.15, 0.2) is 0 Å². The van der Waals surface area contributed by atoms with Crippen LogP contribution in [0.1, 0.15) is 50.4 Å². The van der Waals surface area contributed by atoms with Crippen molar-refractivity contribution in [1.29, 1.82) is 0 Å². The van der Waals surface area contributed by atoms with Crippen molar-refractivity contribution in [2.24, 2.45) is 5.92 Å². The van der Waals surface area contributed by atoms with Crippen molar-refractivity contribution < 1.29 is 9.72 Å². The summed E-state index contributed by atoms with van der Waals surface area (Å²) >= 11 is 0. The fourth-order valence-electron chi connectivity index (χ4n) is 2.93. The van der Waals surface area contributed by atoms with E-state index < -0.39 is 4.92 Å². The van der Waals surface area contributed by atoms with Crippen molar-refractivity contribution in [3.63, 3.8) is 0 Å². The van der Waals surface area contributed by atoms with Gasteiger partial charge in [0.1, 0.15) is 5.69 Å². The van der Waals surface area contributed by atoms with Crippen LogP contribution in [0.25, 0.3) is 0 Å². The van der Waals surface area contributed by atoms with Crippen LogP contribution in [0, 0.1) is 16.0 Å². The van der Waals surface area contributed by atoms with Gasteiger partial charge in [0.05, 0.1) is 4.92 Å². The highest BCUT2D eigenvalue weighted by atomic mass is 16.6. The van der Waals surface area contributed by atoms with Crippen LogP contribution >= 0.6 is 0 Å². The first-order valence-electron chi connectivity index (χ1n) is 8.22. The first kappa shape index (κ1) is 17.2. The lowest BCUT2D eigenvalue weighted by Crippen LogP contribution is -2.30. The van der Waals surface area contributed by atoms with Gasteiger partial charge in [0.25, 0.3) is 11.6 Å². The fourth-order valence-corrected chi connectivity index (χ4v) is 2.93. The molecule has 1 atom stereocenters. The minimum absolute atomic E-state index is 0.00618. The molecule has 0 radical (unpaired) electrons. The number of rotatable bonds is 4. The molecule has 1 unspecified atom stereocenters. The maximum atomic E-state index is 12.1. The molecular formula is C17H25N3O3. The zero-order valence-electron chi connectivity index (χ0n) is 14.0. The van der Waals surface area contributed by atoms with Gasteiger partial charge in [0.2, 0.25) is 0 Å². The minimum atomic E-state index is -0.393. The van der Waals surface area contributed by atoms with Crippen LogP contribution in [-0.2, 0) is 0 Å². The normalized spacial score (nSPS) is 18.6. The zero-order chi connectivity index (χ0) is 17.0. The summed E-state index contributed by atoms with van der Waals surface area (Å²) in [6, 6.07) is 4.77. The summed E-state index contributed by atoms with van der Waals surface area (Å²) in [5.41, 5.74) is 0.957. The Kier molecular flexibility index (Phi) is 5.58. The highest BCUT2D eigenvalue weighted by Crippen LogP contribution is 2.31. The fraction of sp³-hybridized carbons (Fsp3) is 0.588. The summed E-state index contributed by atoms with van der Waals surface area (Å²) < 4.78 is 0. The van der Waals surface area contributed by atoms with Crippen molar-refractivity contribution in [2.45, 2.75) is 46.1 Å². The van der Waals surface area contributed by atoms with Gasteiger partial charge in [0, 0.05) is 30.8 Å². The molecule has 1 heterocycles. The molecule has 1 amide bonds. The first-order valence-corrected chi connectivity index (χ1v) is 8.22. The lowest BCUT2D eigenvalue weighted by molar-refractivity contribution is -0.384. The lowest BCUT2D eigenvalue weighted by atomic mass is 10.0. The van der Waals surface area contributed by atoms with E-state index in [0.717, 1.165) is 32.4 Å². The van der Waals surface area contributed by atoms with Crippen molar-refractivity contribution in [3.8, 4) is 0 Å². The molecule has 126 valence electrons. The molecule has 2 rings (SSSR count). The highest BCUT2D eigenvalue weighted by molar-refractivity contribution is 5.95. The van der Waals surface area contributed by atoms with Crippen LogP contribution in [-0.4, -0.2) is 30.0 Å². The third-order valence-electron chi connectivity index (χ3n) is 4.21. The molecule has 1 N–H and O–H groups in total. The summed E-state index contributed by atoms with van der Waals surface area (Å²) in [6.45, 7) is 7.58. The van der Waals surface area contributed by atoms with E-state index in [1.54, 1.807) is 12.1 Å². The summed E-state index contributed by atoms with van der Waals surface area (Å²) in [6.07, 6.45) is 3.22. The third-order valence-corrected chi connectivity index (χ3v) is 4.21. The SMILES string of the molecule is CC1CCCN(c2ccc(C(=O)NC(C)C)cc2[N+](=O)[O-])CC1. The number of amides is 1. The van der Waals surface area contributed by atoms with Crippen molar-refractivity contribution in [1.82, 2.24) is 5.32 Å². The summed E-state index contributed by atoms with van der Waals surface area (Å²) in [4.78, 5) is 25.2. The zero-order valence-corrected chi connectivity index (χ0v) is 14.0. The van der Waals surface area contributed by atoms with Gasteiger partial charge in [-0.05, 0) is 51.2 Å². The Bertz CT molecular complexity index is 586. The number of anilines is 1. The van der Waals surface area contributed by atoms with Gasteiger partial charge in [-0.25, -0.2) is 0 Å². The molecule has 1 saturated heterocycles. The van der Waals surface area contributed by atoms with E-state index in [-0.39, 0.29) is 17.6 Å². The molecule has 1 aliphatic heterocycles. The standard InChI is InChI=1S/C17H25N3O3/c1-12(2)18-17(21)14-6-7-15(16(11-14)20(22)23)19-9-4-5-13(3)8-10-19/h6-7,11-13H,4-5,8-10H2,1-3H3,(H,18,21). The number of nitrogens with zero attached hydrogens (tertiary/aromatic N) is 2. The van der Waals surface area contributed by atoms with E-state index in [9.17, 15) is 14.9 Å². The molecule has 1 aromatic carbocycles. The summed E-state index contributed by atoms with van der Waals surface area (Å²) in [7, 11) is 0. The van der Waals surface area contributed by atoms with E-state index in [4.69, 9.17) is 0 Å². The number of hydrogen-bond donors (Lipinski definition) is 1. The molecule has 1 aliphatic rings. The number of benzene rings is 1. The Hall–Kier alpha value is -2.11. The summed E-state index contributed by atoms with van der Waals surface area (Å²) in [5.74, 6) is 0.370. The monoisotopic (exact) mass is 319 g/mol. The highest BCUT2D eigenvalue weighted by Gasteiger charge is 2.23. The molecule has 0 aliphatic carbocycles. The second kappa shape index (κ2) is 7.44. The molecule has 1 fully saturated rings. The Morgan fingerprint density at radius 2 is 2.09 bits per heavy atom. The maximum absolute atomic E-state index is 12.1. The molecule has 0 bridgehead atoms. The van der Waals surface area contributed by atoms with Gasteiger partial charge in [-0.2, -0.15) is 0 Å². The van der Waals surface area contributed by atoms with Crippen molar-refractivity contribution >= 4 is 17.3 Å². The second-order valence-electron chi connectivity index (χ2n) is 6.61. The van der Waals surface area contributed by atoms with Gasteiger partial charge in [-0.3, -0.25) is 14.9 Å². The Morgan fingerprint density at radius 1 is 1.35 bits per heavy atom. The van der Waals surface area contributed by atoms with Crippen LogP contribution in [0.4, 0.5) is 11.4 Å². The van der Waals surface area contributed by atoms with E-state index in [0.29, 0.717) is 17.2 Å². The minimum Gasteiger partial charge on any atom is -0.366 e. The number of carbonyl (C=O) groups is 1. The Labute approximate surface area is 137 Å². The number of carbonyl (C=O) groups excluding carboxylic acids is 1. The van der Waals surface area contributed by atoms with E-state index in [2.05, 4.69) is 17.1 Å². The quantitative estimate of drug-likeness (QED) is 0.682. The van der Waals surface area contributed by atoms with Gasteiger partial charge >= 0.3 is 0 Å². The smallest absolute Gasteiger partial charge is 0.293 e. The Morgan fingerprint density at radius 3 is 2.74 bits per heavy atom. The average Bonchev–Trinajstić information content (AvgIpc) is 2.70. The number of nitro groups is 1. The van der Waals surface area contributed by atoms with Crippen LogP contribution in [0.5, 0.6) is 0 Å². The number of hydrogen-bond acceptors (Lipinski definition) is 4. The summed E-state index contributed by atoms with van der Waals surface area (Å²) in [5, 5.41) is 14.2. The molecule has 0 spiro atoms. The largest absolute Gasteiger partial charge is 0.366 e. The molecule has 0 saturated carbocycles. The number of nitrogens with one attached hydrogen (secondary N) is 1. The molecule has 0 aromatic heterocycles. The van der Waals surface area contributed by atoms with Gasteiger partial charge in [-0.15, -0.1) is 0 Å². The molecule has 6 nitrogen and oxygen atoms in total. The predicted octanol–water partition coefficient (Wildman–Crippen LogP) is 3.36. The van der Waals surface area contributed by atoms with E-state index in [1.807, 2.05) is 13.8 Å². The topological polar surface area (TPSA) is 75.5 Å². The van der Waals surface area contributed by atoms with E-state index >= 15 is 0 Å². The number of nitro benzene ring substituents is 1. The molecule has 1 aromatic rings. The van der Waals surface area contributed by atoms with Crippen molar-refractivity contribution in [2.75, 3.05) is 18.0 Å². The third kappa shape index (κ3) is 4.43. The predicted molar refractivity (Wildman–Crippen MR) is 90.9 cm³/mol. The van der Waals surface area contributed by atoms with Crippen LogP contribution in [0.15, 0.2) is 18.2 Å². The molecule has 6 heteroatoms. The molecular weight excluding hydrogens is 294 g/mol. The second-order valence-corrected chi connectivity index (χ2v) is 6.61. The maximum Gasteiger partial charge on any atom is 0.293 e. The van der Waals surface area contributed by atoms with E-state index in [1.165, 1.54) is 6.07 Å². The average molecular weight is 319 g/mol.